The molecule has 124 valence electrons. The predicted octanol–water partition coefficient (Wildman–Crippen LogP) is 3.69. The van der Waals surface area contributed by atoms with Gasteiger partial charge >= 0.3 is 0 Å². The summed E-state index contributed by atoms with van der Waals surface area (Å²) < 4.78 is 5.28. The van der Waals surface area contributed by atoms with E-state index >= 15 is 0 Å². The molecule has 2 N–H and O–H groups in total. The van der Waals surface area contributed by atoms with Crippen molar-refractivity contribution in [1.29, 1.82) is 0 Å². The molecule has 0 saturated carbocycles. The lowest BCUT2D eigenvalue weighted by molar-refractivity contribution is -0.115. The maximum atomic E-state index is 12.5. The number of thioether (sulfide) groups is 1. The summed E-state index contributed by atoms with van der Waals surface area (Å²) in [6, 6.07) is 10.9. The molecule has 0 saturated heterocycles. The second kappa shape index (κ2) is 6.57. The Kier molecular flexibility index (Phi) is 4.49. The highest BCUT2D eigenvalue weighted by molar-refractivity contribution is 8.00. The quantitative estimate of drug-likeness (QED) is 0.893. The number of ether oxygens (including phenoxy) is 1. The van der Waals surface area contributed by atoms with Gasteiger partial charge in [0.1, 0.15) is 5.75 Å². The van der Waals surface area contributed by atoms with Crippen LogP contribution in [-0.2, 0) is 4.79 Å². The minimum atomic E-state index is -0.250. The van der Waals surface area contributed by atoms with Crippen molar-refractivity contribution in [3.05, 3.63) is 47.5 Å². The van der Waals surface area contributed by atoms with Gasteiger partial charge in [0.25, 0.3) is 5.91 Å². The highest BCUT2D eigenvalue weighted by Crippen LogP contribution is 2.36. The lowest BCUT2D eigenvalue weighted by Crippen LogP contribution is -2.26. The molecule has 5 nitrogen and oxygen atoms in total. The smallest absolute Gasteiger partial charge is 0.255 e. The van der Waals surface area contributed by atoms with Gasteiger partial charge in [-0.15, -0.1) is 11.8 Å². The summed E-state index contributed by atoms with van der Waals surface area (Å²) in [7, 11) is 1.56. The Balaban J connectivity index is 1.85. The Morgan fingerprint density at radius 3 is 2.79 bits per heavy atom. The van der Waals surface area contributed by atoms with E-state index in [1.54, 1.807) is 19.2 Å². The van der Waals surface area contributed by atoms with Gasteiger partial charge in [0.05, 0.1) is 23.7 Å². The molecule has 0 bridgehead atoms. The summed E-state index contributed by atoms with van der Waals surface area (Å²) >= 11 is 1.49. The van der Waals surface area contributed by atoms with Gasteiger partial charge in [-0.3, -0.25) is 9.59 Å². The maximum absolute atomic E-state index is 12.5. The Morgan fingerprint density at radius 1 is 1.25 bits per heavy atom. The van der Waals surface area contributed by atoms with Crippen molar-refractivity contribution < 1.29 is 14.3 Å². The first kappa shape index (κ1) is 16.4. The summed E-state index contributed by atoms with van der Waals surface area (Å²) in [5, 5.41) is 5.57. The molecule has 0 aliphatic carbocycles. The second-order valence-electron chi connectivity index (χ2n) is 5.62. The van der Waals surface area contributed by atoms with Crippen molar-refractivity contribution in [3.8, 4) is 5.75 Å². The van der Waals surface area contributed by atoms with Crippen LogP contribution < -0.4 is 15.4 Å². The standard InChI is InChI=1S/C18H18N2O3S/c1-10-4-6-15(23-3)13(8-10)19-18(22)12-5-7-16-14(9-12)20-17(21)11(2)24-16/h4-9,11H,1-3H3,(H,19,22)(H,20,21). The number of benzene rings is 2. The van der Waals surface area contributed by atoms with Crippen LogP contribution in [-0.4, -0.2) is 24.2 Å². The molecule has 1 heterocycles. The van der Waals surface area contributed by atoms with Crippen molar-refractivity contribution in [2.45, 2.75) is 24.0 Å². The number of rotatable bonds is 3. The van der Waals surface area contributed by atoms with Crippen LogP contribution in [0.4, 0.5) is 11.4 Å². The van der Waals surface area contributed by atoms with Crippen LogP contribution in [0.2, 0.25) is 0 Å². The highest BCUT2D eigenvalue weighted by Gasteiger charge is 2.23. The van der Waals surface area contributed by atoms with Gasteiger partial charge in [0.15, 0.2) is 0 Å². The van der Waals surface area contributed by atoms with Crippen molar-refractivity contribution in [1.82, 2.24) is 0 Å². The average Bonchev–Trinajstić information content (AvgIpc) is 2.55. The van der Waals surface area contributed by atoms with Crippen LogP contribution in [0.3, 0.4) is 0 Å². The highest BCUT2D eigenvalue weighted by atomic mass is 32.2. The Morgan fingerprint density at radius 2 is 2.04 bits per heavy atom. The maximum Gasteiger partial charge on any atom is 0.255 e. The van der Waals surface area contributed by atoms with Crippen molar-refractivity contribution in [3.63, 3.8) is 0 Å². The van der Waals surface area contributed by atoms with Crippen LogP contribution in [0.15, 0.2) is 41.3 Å². The van der Waals surface area contributed by atoms with E-state index in [0.29, 0.717) is 22.7 Å². The summed E-state index contributed by atoms with van der Waals surface area (Å²) in [4.78, 5) is 25.3. The molecular weight excluding hydrogens is 324 g/mol. The molecule has 2 amide bonds. The molecule has 24 heavy (non-hydrogen) atoms. The van der Waals surface area contributed by atoms with E-state index in [1.165, 1.54) is 11.8 Å². The molecule has 1 unspecified atom stereocenters. The molecule has 1 aliphatic heterocycles. The molecule has 1 aliphatic rings. The van der Waals surface area contributed by atoms with E-state index in [9.17, 15) is 9.59 Å². The van der Waals surface area contributed by atoms with Crippen molar-refractivity contribution >= 4 is 35.0 Å². The molecule has 0 radical (unpaired) electrons. The lowest BCUT2D eigenvalue weighted by atomic mass is 10.1. The van der Waals surface area contributed by atoms with Gasteiger partial charge < -0.3 is 15.4 Å². The monoisotopic (exact) mass is 342 g/mol. The zero-order valence-corrected chi connectivity index (χ0v) is 14.5. The van der Waals surface area contributed by atoms with E-state index in [1.807, 2.05) is 38.1 Å². The molecule has 2 aromatic carbocycles. The average molecular weight is 342 g/mol. The van der Waals surface area contributed by atoms with E-state index in [0.717, 1.165) is 10.5 Å². The predicted molar refractivity (Wildman–Crippen MR) is 96.1 cm³/mol. The minimum Gasteiger partial charge on any atom is -0.495 e. The summed E-state index contributed by atoms with van der Waals surface area (Å²) in [5.41, 5.74) is 2.79. The van der Waals surface area contributed by atoms with Gasteiger partial charge in [-0.1, -0.05) is 6.07 Å². The fourth-order valence-corrected chi connectivity index (χ4v) is 3.39. The van der Waals surface area contributed by atoms with Crippen LogP contribution in [0.5, 0.6) is 5.75 Å². The number of aryl methyl sites for hydroxylation is 1. The zero-order chi connectivity index (χ0) is 17.3. The van der Waals surface area contributed by atoms with Crippen LogP contribution >= 0.6 is 11.8 Å². The number of anilines is 2. The normalized spacial score (nSPS) is 16.1. The first-order valence-corrected chi connectivity index (χ1v) is 8.43. The van der Waals surface area contributed by atoms with Crippen LogP contribution in [0.25, 0.3) is 0 Å². The van der Waals surface area contributed by atoms with Crippen molar-refractivity contribution in [2.24, 2.45) is 0 Å². The number of hydrogen-bond acceptors (Lipinski definition) is 4. The van der Waals surface area contributed by atoms with E-state index < -0.39 is 0 Å². The summed E-state index contributed by atoms with van der Waals surface area (Å²) in [6.07, 6.45) is 0. The number of methoxy groups -OCH3 is 1. The lowest BCUT2D eigenvalue weighted by Gasteiger charge is -2.21. The first-order valence-electron chi connectivity index (χ1n) is 7.55. The first-order chi connectivity index (χ1) is 11.5. The third kappa shape index (κ3) is 3.23. The molecule has 0 spiro atoms. The third-order valence-corrected chi connectivity index (χ3v) is 4.95. The Hall–Kier alpha value is -2.47. The third-order valence-electron chi connectivity index (χ3n) is 3.78. The minimum absolute atomic E-state index is 0.0505. The summed E-state index contributed by atoms with van der Waals surface area (Å²) in [6.45, 7) is 3.80. The second-order valence-corrected chi connectivity index (χ2v) is 7.00. The van der Waals surface area contributed by atoms with Gasteiger partial charge in [-0.2, -0.15) is 0 Å². The molecule has 6 heteroatoms. The van der Waals surface area contributed by atoms with Gasteiger partial charge in [-0.05, 0) is 49.7 Å². The van der Waals surface area contributed by atoms with Gasteiger partial charge in [0, 0.05) is 10.5 Å². The Bertz CT molecular complexity index is 820. The Labute approximate surface area is 144 Å². The van der Waals surface area contributed by atoms with Crippen LogP contribution in [0.1, 0.15) is 22.8 Å². The molecule has 2 aromatic rings. The fraction of sp³-hybridized carbons (Fsp3) is 0.222. The number of fused-ring (bicyclic) bond motifs is 1. The summed E-state index contributed by atoms with van der Waals surface area (Å²) in [5.74, 6) is 0.301. The molecule has 0 fully saturated rings. The SMILES string of the molecule is COc1ccc(C)cc1NC(=O)c1ccc2c(c1)NC(=O)C(C)S2. The van der Waals surface area contributed by atoms with E-state index in [2.05, 4.69) is 10.6 Å². The number of hydrogen-bond donors (Lipinski definition) is 2. The molecule has 1 atom stereocenters. The number of carbonyl (C=O) groups excluding carboxylic acids is 2. The van der Waals surface area contributed by atoms with Gasteiger partial charge in [0.2, 0.25) is 5.91 Å². The fourth-order valence-electron chi connectivity index (χ4n) is 2.46. The van der Waals surface area contributed by atoms with E-state index in [4.69, 9.17) is 4.74 Å². The van der Waals surface area contributed by atoms with E-state index in [-0.39, 0.29) is 17.1 Å². The largest absolute Gasteiger partial charge is 0.495 e. The molecular formula is C18H18N2O3S. The topological polar surface area (TPSA) is 67.4 Å². The zero-order valence-electron chi connectivity index (χ0n) is 13.7. The molecule has 3 rings (SSSR count). The van der Waals surface area contributed by atoms with Crippen LogP contribution in [0, 0.1) is 6.92 Å². The van der Waals surface area contributed by atoms with Gasteiger partial charge in [-0.25, -0.2) is 0 Å². The molecule has 0 aromatic heterocycles. The van der Waals surface area contributed by atoms with Crippen molar-refractivity contribution in [2.75, 3.05) is 17.7 Å². The number of carbonyl (C=O) groups is 2. The number of nitrogens with one attached hydrogen (secondary N) is 2. The number of amides is 2.